The van der Waals surface area contributed by atoms with Gasteiger partial charge in [0.25, 0.3) is 5.56 Å². The van der Waals surface area contributed by atoms with Crippen molar-refractivity contribution in [2.75, 3.05) is 6.61 Å². The molecule has 0 saturated carbocycles. The minimum absolute atomic E-state index is 0.146. The van der Waals surface area contributed by atoms with E-state index in [4.69, 9.17) is 4.74 Å². The third-order valence-electron chi connectivity index (χ3n) is 4.16. The number of ether oxygens (including phenoxy) is 1. The molecule has 2 aromatic carbocycles. The van der Waals surface area contributed by atoms with Crippen LogP contribution in [-0.2, 0) is 29.2 Å². The molecule has 140 valence electrons. The van der Waals surface area contributed by atoms with Gasteiger partial charge in [0.15, 0.2) is 0 Å². The predicted octanol–water partition coefficient (Wildman–Crippen LogP) is 2.39. The number of rotatable bonds is 7. The van der Waals surface area contributed by atoms with E-state index in [1.54, 1.807) is 0 Å². The number of hydrogen-bond acceptors (Lipinski definition) is 4. The summed E-state index contributed by atoms with van der Waals surface area (Å²) in [7, 11) is 0. The number of nitrogens with one attached hydrogen (secondary N) is 1. The average Bonchev–Trinajstić information content (AvgIpc) is 2.68. The van der Waals surface area contributed by atoms with E-state index in [2.05, 4.69) is 10.3 Å². The summed E-state index contributed by atoms with van der Waals surface area (Å²) in [6.45, 7) is 3.14. The quantitative estimate of drug-likeness (QED) is 0.694. The topological polar surface area (TPSA) is 73.2 Å². The molecule has 1 amide bonds. The van der Waals surface area contributed by atoms with Crippen LogP contribution in [-0.4, -0.2) is 22.1 Å². The number of carbonyl (C=O) groups excluding carboxylic acids is 1. The Kier molecular flexibility index (Phi) is 5.93. The fourth-order valence-electron chi connectivity index (χ4n) is 2.73. The second kappa shape index (κ2) is 8.55. The summed E-state index contributed by atoms with van der Waals surface area (Å²) in [5, 5.41) is 2.94. The highest BCUT2D eigenvalue weighted by atomic mass is 19.1. The molecule has 0 aliphatic rings. The second-order valence-corrected chi connectivity index (χ2v) is 6.02. The molecule has 0 fully saturated rings. The van der Waals surface area contributed by atoms with Crippen molar-refractivity contribution in [3.05, 3.63) is 76.1 Å². The lowest BCUT2D eigenvalue weighted by Crippen LogP contribution is -2.32. The molecule has 1 aromatic heterocycles. The van der Waals surface area contributed by atoms with Gasteiger partial charge in [-0.1, -0.05) is 24.3 Å². The zero-order chi connectivity index (χ0) is 19.2. The van der Waals surface area contributed by atoms with Crippen LogP contribution in [0.4, 0.5) is 4.39 Å². The second-order valence-electron chi connectivity index (χ2n) is 6.02. The Morgan fingerprint density at radius 2 is 2.00 bits per heavy atom. The lowest BCUT2D eigenvalue weighted by Gasteiger charge is -2.11. The summed E-state index contributed by atoms with van der Waals surface area (Å²) < 4.78 is 20.0. The van der Waals surface area contributed by atoms with Gasteiger partial charge in [-0.15, -0.1) is 0 Å². The number of nitrogens with zero attached hydrogens (tertiary/aromatic N) is 2. The van der Waals surface area contributed by atoms with Crippen molar-refractivity contribution in [2.45, 2.75) is 26.6 Å². The number of benzene rings is 2. The molecule has 0 spiro atoms. The largest absolute Gasteiger partial charge is 0.377 e. The molecule has 3 rings (SSSR count). The first-order valence-electron chi connectivity index (χ1n) is 8.64. The van der Waals surface area contributed by atoms with Gasteiger partial charge in [0, 0.05) is 13.2 Å². The van der Waals surface area contributed by atoms with Gasteiger partial charge < -0.3 is 10.1 Å². The van der Waals surface area contributed by atoms with Gasteiger partial charge in [0.05, 0.1) is 23.8 Å². The van der Waals surface area contributed by atoms with Gasteiger partial charge in [-0.2, -0.15) is 0 Å². The Morgan fingerprint density at radius 3 is 2.78 bits per heavy atom. The summed E-state index contributed by atoms with van der Waals surface area (Å²) in [4.78, 5) is 28.8. The van der Waals surface area contributed by atoms with E-state index < -0.39 is 11.4 Å². The molecule has 27 heavy (non-hydrogen) atoms. The monoisotopic (exact) mass is 369 g/mol. The van der Waals surface area contributed by atoms with Gasteiger partial charge in [0.1, 0.15) is 12.4 Å². The van der Waals surface area contributed by atoms with Crippen LogP contribution < -0.4 is 10.9 Å². The molecule has 0 radical (unpaired) electrons. The van der Waals surface area contributed by atoms with Crippen LogP contribution in [0.25, 0.3) is 10.9 Å². The molecule has 7 heteroatoms. The molecule has 0 bridgehead atoms. The molecular weight excluding hydrogens is 349 g/mol. The van der Waals surface area contributed by atoms with Crippen LogP contribution in [0.3, 0.4) is 0 Å². The number of fused-ring (bicyclic) bond motifs is 1. The minimum atomic E-state index is -0.519. The lowest BCUT2D eigenvalue weighted by molar-refractivity contribution is -0.121. The fourth-order valence-corrected chi connectivity index (χ4v) is 2.73. The lowest BCUT2D eigenvalue weighted by atomic mass is 10.1. The molecule has 0 aliphatic heterocycles. The Hall–Kier alpha value is -3.06. The molecule has 0 aliphatic carbocycles. The Bertz CT molecular complexity index is 1020. The maximum atomic E-state index is 13.4. The minimum Gasteiger partial charge on any atom is -0.377 e. The van der Waals surface area contributed by atoms with Crippen LogP contribution in [0.1, 0.15) is 18.1 Å². The predicted molar refractivity (Wildman–Crippen MR) is 99.6 cm³/mol. The van der Waals surface area contributed by atoms with E-state index in [9.17, 15) is 14.0 Å². The number of carbonyl (C=O) groups is 1. The van der Waals surface area contributed by atoms with E-state index in [-0.39, 0.29) is 17.8 Å². The van der Waals surface area contributed by atoms with E-state index in [0.29, 0.717) is 25.3 Å². The van der Waals surface area contributed by atoms with Gasteiger partial charge in [-0.25, -0.2) is 9.37 Å². The zero-order valence-electron chi connectivity index (χ0n) is 14.9. The Balaban J connectivity index is 1.69. The SMILES string of the molecule is CCOCc1ccccc1CNC(=O)Cn1cnc2ccc(F)cc2c1=O. The van der Waals surface area contributed by atoms with Crippen molar-refractivity contribution in [2.24, 2.45) is 0 Å². The van der Waals surface area contributed by atoms with E-state index >= 15 is 0 Å². The molecule has 6 nitrogen and oxygen atoms in total. The molecule has 0 unspecified atom stereocenters. The van der Waals surface area contributed by atoms with Crippen molar-refractivity contribution in [3.63, 3.8) is 0 Å². The van der Waals surface area contributed by atoms with Crippen LogP contribution in [0.5, 0.6) is 0 Å². The van der Waals surface area contributed by atoms with Crippen LogP contribution in [0.15, 0.2) is 53.6 Å². The van der Waals surface area contributed by atoms with Crippen molar-refractivity contribution in [1.29, 1.82) is 0 Å². The summed E-state index contributed by atoms with van der Waals surface area (Å²) >= 11 is 0. The van der Waals surface area contributed by atoms with Crippen LogP contribution in [0.2, 0.25) is 0 Å². The standard InChI is InChI=1S/C20H20FN3O3/c1-2-27-12-15-6-4-3-5-14(15)10-22-19(25)11-24-13-23-18-8-7-16(21)9-17(18)20(24)26/h3-9,13H,2,10-12H2,1H3,(H,22,25). The number of amides is 1. The van der Waals surface area contributed by atoms with Gasteiger partial charge in [0.2, 0.25) is 5.91 Å². The average molecular weight is 369 g/mol. The summed E-state index contributed by atoms with van der Waals surface area (Å²) in [5.74, 6) is -0.852. The zero-order valence-corrected chi connectivity index (χ0v) is 14.9. The molecular formula is C20H20FN3O3. The fraction of sp³-hybridized carbons (Fsp3) is 0.250. The third kappa shape index (κ3) is 4.57. The third-order valence-corrected chi connectivity index (χ3v) is 4.16. The highest BCUT2D eigenvalue weighted by molar-refractivity contribution is 5.79. The first-order valence-corrected chi connectivity index (χ1v) is 8.64. The maximum Gasteiger partial charge on any atom is 0.261 e. The first-order chi connectivity index (χ1) is 13.1. The maximum absolute atomic E-state index is 13.4. The number of aromatic nitrogens is 2. The van der Waals surface area contributed by atoms with Gasteiger partial charge in [-0.05, 0) is 36.2 Å². The van der Waals surface area contributed by atoms with Crippen molar-refractivity contribution in [1.82, 2.24) is 14.9 Å². The Labute approximate surface area is 155 Å². The van der Waals surface area contributed by atoms with Crippen LogP contribution >= 0.6 is 0 Å². The highest BCUT2D eigenvalue weighted by Crippen LogP contribution is 2.10. The smallest absolute Gasteiger partial charge is 0.261 e. The number of halogens is 1. The van der Waals surface area contributed by atoms with Gasteiger partial charge >= 0.3 is 0 Å². The molecule has 1 N–H and O–H groups in total. The summed E-state index contributed by atoms with van der Waals surface area (Å²) in [5.41, 5.74) is 1.89. The van der Waals surface area contributed by atoms with Crippen molar-refractivity contribution < 1.29 is 13.9 Å². The van der Waals surface area contributed by atoms with Gasteiger partial charge in [-0.3, -0.25) is 14.2 Å². The molecule has 0 atom stereocenters. The van der Waals surface area contributed by atoms with Crippen molar-refractivity contribution >= 4 is 16.8 Å². The Morgan fingerprint density at radius 1 is 1.22 bits per heavy atom. The van der Waals surface area contributed by atoms with E-state index in [0.717, 1.165) is 17.2 Å². The van der Waals surface area contributed by atoms with E-state index in [1.165, 1.54) is 23.0 Å². The van der Waals surface area contributed by atoms with Crippen molar-refractivity contribution in [3.8, 4) is 0 Å². The van der Waals surface area contributed by atoms with E-state index in [1.807, 2.05) is 31.2 Å². The molecule has 1 heterocycles. The first kappa shape index (κ1) is 18.7. The summed E-state index contributed by atoms with van der Waals surface area (Å²) in [6.07, 6.45) is 1.30. The highest BCUT2D eigenvalue weighted by Gasteiger charge is 2.10. The molecule has 0 saturated heterocycles. The normalized spacial score (nSPS) is 10.9. The molecule has 3 aromatic rings. The van der Waals surface area contributed by atoms with Crippen LogP contribution in [0, 0.1) is 5.82 Å². The number of hydrogen-bond donors (Lipinski definition) is 1. The summed E-state index contributed by atoms with van der Waals surface area (Å²) in [6, 6.07) is 11.5.